The second-order valence-corrected chi connectivity index (χ2v) is 6.49. The van der Waals surface area contributed by atoms with E-state index in [0.717, 1.165) is 6.07 Å². The van der Waals surface area contributed by atoms with Crippen LogP contribution in [0.3, 0.4) is 0 Å². The Balaban J connectivity index is 2.48. The van der Waals surface area contributed by atoms with E-state index in [0.29, 0.717) is 5.69 Å². The molecule has 0 atom stereocenters. The van der Waals surface area contributed by atoms with Gasteiger partial charge in [-0.25, -0.2) is 0 Å². The number of benzene rings is 2. The van der Waals surface area contributed by atoms with E-state index in [1.807, 2.05) is 0 Å². The number of rotatable bonds is 6. The Morgan fingerprint density at radius 3 is 2.41 bits per heavy atom. The summed E-state index contributed by atoms with van der Waals surface area (Å²) in [5.41, 5.74) is 0.662. The summed E-state index contributed by atoms with van der Waals surface area (Å²) in [5, 5.41) is 17.2. The van der Waals surface area contributed by atoms with Gasteiger partial charge in [-0.3, -0.25) is 9.35 Å². The molecule has 0 saturated carbocycles. The molecule has 0 radical (unpaired) electrons. The number of anilines is 1. The Morgan fingerprint density at radius 1 is 1.11 bits per heavy atom. The molecule has 10 nitrogen and oxygen atoms in total. The van der Waals surface area contributed by atoms with Gasteiger partial charge in [-0.15, -0.1) is 0 Å². The van der Waals surface area contributed by atoms with Gasteiger partial charge in [0.05, 0.1) is 18.5 Å². The van der Waals surface area contributed by atoms with Crippen molar-refractivity contribution >= 4 is 33.1 Å². The third-order valence-corrected chi connectivity index (χ3v) is 4.22. The van der Waals surface area contributed by atoms with Crippen LogP contribution in [0.25, 0.3) is 0 Å². The molecule has 0 aliphatic carbocycles. The highest BCUT2D eigenvalue weighted by molar-refractivity contribution is 7.86. The lowest BCUT2D eigenvalue weighted by Gasteiger charge is -2.13. The molecule has 2 aromatic rings. The molecule has 11 heteroatoms. The van der Waals surface area contributed by atoms with Crippen molar-refractivity contribution in [2.75, 3.05) is 26.5 Å². The summed E-state index contributed by atoms with van der Waals surface area (Å²) < 4.78 is 37.9. The summed E-state index contributed by atoms with van der Waals surface area (Å²) in [5.74, 6) is -0.393. The number of carbonyl (C=O) groups excluding carboxylic acids is 1. The van der Waals surface area contributed by atoms with Crippen LogP contribution < -0.4 is 10.1 Å². The first-order valence-corrected chi connectivity index (χ1v) is 8.94. The fourth-order valence-corrected chi connectivity index (χ4v) is 2.86. The molecule has 0 spiro atoms. The molecule has 142 valence electrons. The van der Waals surface area contributed by atoms with Gasteiger partial charge in [0.2, 0.25) is 0 Å². The van der Waals surface area contributed by atoms with E-state index in [1.54, 1.807) is 18.2 Å². The fourth-order valence-electron chi connectivity index (χ4n) is 2.23. The van der Waals surface area contributed by atoms with Gasteiger partial charge < -0.3 is 10.1 Å². The van der Waals surface area contributed by atoms with Gasteiger partial charge in [-0.2, -0.15) is 28.9 Å². The molecule has 2 aromatic carbocycles. The Morgan fingerprint density at radius 2 is 1.81 bits per heavy atom. The van der Waals surface area contributed by atoms with Crippen LogP contribution in [-0.4, -0.2) is 40.1 Å². The third kappa shape index (κ3) is 4.92. The SMILES string of the molecule is C/N=N/c1cccc(C(=O)Nc2cc(S(=O)(=O)O)c(/N=N/C)cc2OC)c1. The summed E-state index contributed by atoms with van der Waals surface area (Å²) in [4.78, 5) is 12.0. The highest BCUT2D eigenvalue weighted by Gasteiger charge is 2.21. The highest BCUT2D eigenvalue weighted by Crippen LogP contribution is 2.36. The van der Waals surface area contributed by atoms with Gasteiger partial charge in [-0.1, -0.05) is 6.07 Å². The van der Waals surface area contributed by atoms with Crippen molar-refractivity contribution in [3.63, 3.8) is 0 Å². The maximum absolute atomic E-state index is 12.5. The Kier molecular flexibility index (Phi) is 6.32. The zero-order valence-electron chi connectivity index (χ0n) is 14.7. The first-order valence-electron chi connectivity index (χ1n) is 7.50. The van der Waals surface area contributed by atoms with Crippen molar-refractivity contribution in [3.05, 3.63) is 42.0 Å². The van der Waals surface area contributed by atoms with Crippen LogP contribution in [0, 0.1) is 0 Å². The van der Waals surface area contributed by atoms with E-state index in [2.05, 4.69) is 25.8 Å². The molecule has 0 fully saturated rings. The maximum Gasteiger partial charge on any atom is 0.296 e. The minimum Gasteiger partial charge on any atom is -0.494 e. The van der Waals surface area contributed by atoms with Crippen LogP contribution in [0.1, 0.15) is 10.4 Å². The van der Waals surface area contributed by atoms with Crippen molar-refractivity contribution in [1.82, 2.24) is 0 Å². The lowest BCUT2D eigenvalue weighted by atomic mass is 10.2. The number of azo groups is 2. The van der Waals surface area contributed by atoms with Gasteiger partial charge in [0.25, 0.3) is 16.0 Å². The van der Waals surface area contributed by atoms with Crippen LogP contribution in [0.2, 0.25) is 0 Å². The summed E-state index contributed by atoms with van der Waals surface area (Å²) in [6.45, 7) is 0. The number of carbonyl (C=O) groups is 1. The Labute approximate surface area is 155 Å². The molecule has 0 aromatic heterocycles. The molecule has 0 aliphatic rings. The largest absolute Gasteiger partial charge is 0.494 e. The van der Waals surface area contributed by atoms with Crippen LogP contribution in [-0.2, 0) is 10.1 Å². The van der Waals surface area contributed by atoms with Gasteiger partial charge in [-0.05, 0) is 24.3 Å². The normalized spacial score (nSPS) is 11.9. The molecule has 0 saturated heterocycles. The number of nitrogens with zero attached hydrogens (tertiary/aromatic N) is 4. The second kappa shape index (κ2) is 8.47. The number of ether oxygens (including phenoxy) is 1. The minimum absolute atomic E-state index is 0.0349. The number of amides is 1. The van der Waals surface area contributed by atoms with Crippen LogP contribution in [0.4, 0.5) is 17.1 Å². The second-order valence-electron chi connectivity index (χ2n) is 5.10. The zero-order valence-corrected chi connectivity index (χ0v) is 15.6. The first kappa shape index (κ1) is 20.1. The van der Waals surface area contributed by atoms with Gasteiger partial charge in [0.15, 0.2) is 0 Å². The van der Waals surface area contributed by atoms with E-state index in [4.69, 9.17) is 4.74 Å². The van der Waals surface area contributed by atoms with Crippen molar-refractivity contribution in [1.29, 1.82) is 0 Å². The molecule has 1 amide bonds. The number of hydrogen-bond acceptors (Lipinski definition) is 8. The smallest absolute Gasteiger partial charge is 0.296 e. The predicted octanol–water partition coefficient (Wildman–Crippen LogP) is 3.62. The molecule has 2 N–H and O–H groups in total. The van der Waals surface area contributed by atoms with Crippen LogP contribution in [0.15, 0.2) is 61.8 Å². The summed E-state index contributed by atoms with van der Waals surface area (Å²) in [6, 6.07) is 8.66. The number of methoxy groups -OCH3 is 1. The molecular formula is C16H17N5O5S. The van der Waals surface area contributed by atoms with E-state index in [1.165, 1.54) is 33.3 Å². The van der Waals surface area contributed by atoms with E-state index in [-0.39, 0.29) is 22.7 Å². The molecule has 27 heavy (non-hydrogen) atoms. The fraction of sp³-hybridized carbons (Fsp3) is 0.188. The quantitative estimate of drug-likeness (QED) is 0.571. The lowest BCUT2D eigenvalue weighted by Crippen LogP contribution is -2.13. The summed E-state index contributed by atoms with van der Waals surface area (Å²) in [6.07, 6.45) is 0. The summed E-state index contributed by atoms with van der Waals surface area (Å²) >= 11 is 0. The van der Waals surface area contributed by atoms with Gasteiger partial charge in [0.1, 0.15) is 16.3 Å². The zero-order chi connectivity index (χ0) is 20.0. The van der Waals surface area contributed by atoms with Crippen molar-refractivity contribution in [2.45, 2.75) is 4.90 Å². The molecule has 0 bridgehead atoms. The topological polar surface area (TPSA) is 142 Å². The highest BCUT2D eigenvalue weighted by atomic mass is 32.2. The van der Waals surface area contributed by atoms with Crippen molar-refractivity contribution in [3.8, 4) is 5.75 Å². The van der Waals surface area contributed by atoms with Gasteiger partial charge in [0, 0.05) is 25.7 Å². The molecule has 0 unspecified atom stereocenters. The number of hydrogen-bond donors (Lipinski definition) is 2. The molecule has 0 aliphatic heterocycles. The standard InChI is InChI=1S/C16H17N5O5S/c1-17-20-11-6-4-5-10(7-11)16(22)19-12-9-15(27(23,24)25)13(21-18-2)8-14(12)26-3/h4-9H,1-3H3,(H,19,22)(H,23,24,25)/b20-17+,21-18+. The average molecular weight is 391 g/mol. The average Bonchev–Trinajstić information content (AvgIpc) is 2.62. The van der Waals surface area contributed by atoms with Gasteiger partial charge >= 0.3 is 0 Å². The monoisotopic (exact) mass is 391 g/mol. The molecular weight excluding hydrogens is 374 g/mol. The third-order valence-electron chi connectivity index (χ3n) is 3.34. The minimum atomic E-state index is -4.61. The predicted molar refractivity (Wildman–Crippen MR) is 98.1 cm³/mol. The first-order chi connectivity index (χ1) is 12.8. The molecule has 0 heterocycles. The van der Waals surface area contributed by atoms with E-state index < -0.39 is 20.9 Å². The van der Waals surface area contributed by atoms with Crippen LogP contribution in [0.5, 0.6) is 5.75 Å². The maximum atomic E-state index is 12.5. The van der Waals surface area contributed by atoms with Crippen molar-refractivity contribution in [2.24, 2.45) is 20.5 Å². The molecule has 2 rings (SSSR count). The van der Waals surface area contributed by atoms with E-state index >= 15 is 0 Å². The summed E-state index contributed by atoms with van der Waals surface area (Å²) in [7, 11) is -0.418. The van der Waals surface area contributed by atoms with E-state index in [9.17, 15) is 17.8 Å². The van der Waals surface area contributed by atoms with Crippen molar-refractivity contribution < 1.29 is 22.5 Å². The van der Waals surface area contributed by atoms with Crippen LogP contribution >= 0.6 is 0 Å². The lowest BCUT2D eigenvalue weighted by molar-refractivity contribution is 0.102. The number of nitrogens with one attached hydrogen (secondary N) is 1. The Hall–Kier alpha value is -3.18. The Bertz CT molecular complexity index is 1020.